The molecular formula is C57H56O4. The largest absolute Gasteiger partial charge is 0.508 e. The third-order valence-corrected chi connectivity index (χ3v) is 12.2. The summed E-state index contributed by atoms with van der Waals surface area (Å²) < 4.78 is 12.3. The maximum atomic E-state index is 9.38. The highest BCUT2D eigenvalue weighted by molar-refractivity contribution is 5.89. The molecular weight excluding hydrogens is 749 g/mol. The second-order valence-corrected chi connectivity index (χ2v) is 15.6. The van der Waals surface area contributed by atoms with Crippen LogP contribution in [-0.2, 0) is 10.8 Å². The zero-order valence-corrected chi connectivity index (χ0v) is 34.9. The van der Waals surface area contributed by atoms with Crippen LogP contribution in [0.1, 0.15) is 81.3 Å². The first-order valence-corrected chi connectivity index (χ1v) is 21.1. The molecule has 308 valence electrons. The molecule has 2 aliphatic rings. The SMILES string of the molecule is C.CC.CC1(c2ccc(OCCCCOc3ccc(C4(C)c5ccccc5-c5ccccc54)cc3)cc2)c2ccccc2-c2ccccc21.Oc1ccc2cccc(O)c2c1. The van der Waals surface area contributed by atoms with Crippen LogP contribution in [0.15, 0.2) is 182 Å². The van der Waals surface area contributed by atoms with Crippen molar-refractivity contribution in [3.8, 4) is 45.3 Å². The van der Waals surface area contributed by atoms with Crippen molar-refractivity contribution in [2.45, 2.75) is 58.8 Å². The fourth-order valence-electron chi connectivity index (χ4n) is 9.13. The van der Waals surface area contributed by atoms with Crippen molar-refractivity contribution in [3.63, 3.8) is 0 Å². The van der Waals surface area contributed by atoms with Crippen molar-refractivity contribution in [2.75, 3.05) is 13.2 Å². The molecule has 2 aliphatic carbocycles. The van der Waals surface area contributed by atoms with Crippen molar-refractivity contribution in [3.05, 3.63) is 215 Å². The Kier molecular flexibility index (Phi) is 12.7. The third kappa shape index (κ3) is 7.87. The van der Waals surface area contributed by atoms with E-state index in [9.17, 15) is 5.11 Å². The van der Waals surface area contributed by atoms with Gasteiger partial charge in [-0.25, -0.2) is 0 Å². The summed E-state index contributed by atoms with van der Waals surface area (Å²) in [6.45, 7) is 10.0. The van der Waals surface area contributed by atoms with E-state index in [4.69, 9.17) is 14.6 Å². The lowest BCUT2D eigenvalue weighted by molar-refractivity contribution is 0.266. The van der Waals surface area contributed by atoms with Crippen molar-refractivity contribution < 1.29 is 19.7 Å². The normalized spacial score (nSPS) is 13.1. The molecule has 0 fully saturated rings. The monoisotopic (exact) mass is 804 g/mol. The van der Waals surface area contributed by atoms with Crippen LogP contribution in [0.2, 0.25) is 0 Å². The van der Waals surface area contributed by atoms with Gasteiger partial charge in [-0.1, -0.05) is 161 Å². The van der Waals surface area contributed by atoms with Gasteiger partial charge in [0.15, 0.2) is 0 Å². The molecule has 0 radical (unpaired) electrons. The minimum Gasteiger partial charge on any atom is -0.508 e. The molecule has 0 unspecified atom stereocenters. The van der Waals surface area contributed by atoms with Gasteiger partial charge in [0.2, 0.25) is 0 Å². The number of fused-ring (bicyclic) bond motifs is 7. The lowest BCUT2D eigenvalue weighted by Crippen LogP contribution is -2.22. The van der Waals surface area contributed by atoms with Gasteiger partial charge in [-0.2, -0.15) is 0 Å². The van der Waals surface area contributed by atoms with Crippen LogP contribution >= 0.6 is 0 Å². The van der Waals surface area contributed by atoms with Gasteiger partial charge in [0, 0.05) is 16.2 Å². The molecule has 0 bridgehead atoms. The number of hydrogen-bond acceptors (Lipinski definition) is 4. The maximum absolute atomic E-state index is 9.38. The molecule has 0 amide bonds. The highest BCUT2D eigenvalue weighted by atomic mass is 16.5. The van der Waals surface area contributed by atoms with Crippen molar-refractivity contribution >= 4 is 10.8 Å². The van der Waals surface area contributed by atoms with E-state index in [0.29, 0.717) is 18.6 Å². The topological polar surface area (TPSA) is 58.9 Å². The number of ether oxygens (including phenoxy) is 2. The van der Waals surface area contributed by atoms with Gasteiger partial charge in [-0.05, 0) is 130 Å². The van der Waals surface area contributed by atoms with E-state index in [0.717, 1.165) is 29.7 Å². The van der Waals surface area contributed by atoms with Gasteiger partial charge in [0.25, 0.3) is 0 Å². The Hall–Kier alpha value is -6.78. The summed E-state index contributed by atoms with van der Waals surface area (Å²) in [7, 11) is 0. The van der Waals surface area contributed by atoms with Gasteiger partial charge >= 0.3 is 0 Å². The summed E-state index contributed by atoms with van der Waals surface area (Å²) in [5.41, 5.74) is 13.0. The summed E-state index contributed by atoms with van der Waals surface area (Å²) in [5, 5.41) is 20.1. The number of benzene rings is 8. The summed E-state index contributed by atoms with van der Waals surface area (Å²) >= 11 is 0. The Morgan fingerprint density at radius 2 is 0.803 bits per heavy atom. The lowest BCUT2D eigenvalue weighted by Gasteiger charge is -2.28. The zero-order chi connectivity index (χ0) is 41.7. The number of unbranched alkanes of at least 4 members (excludes halogenated alkanes) is 1. The molecule has 4 nitrogen and oxygen atoms in total. The Morgan fingerprint density at radius 3 is 1.20 bits per heavy atom. The van der Waals surface area contributed by atoms with Crippen LogP contribution in [0, 0.1) is 0 Å². The van der Waals surface area contributed by atoms with E-state index in [1.54, 1.807) is 30.3 Å². The fraction of sp³-hybridized carbons (Fsp3) is 0.193. The zero-order valence-electron chi connectivity index (χ0n) is 34.9. The van der Waals surface area contributed by atoms with Crippen LogP contribution in [0.3, 0.4) is 0 Å². The molecule has 10 rings (SSSR count). The average Bonchev–Trinajstić information content (AvgIpc) is 3.73. The first-order valence-electron chi connectivity index (χ1n) is 21.1. The Balaban J connectivity index is 0.000000320. The molecule has 8 aromatic rings. The summed E-state index contributed by atoms with van der Waals surface area (Å²) in [4.78, 5) is 0. The maximum Gasteiger partial charge on any atom is 0.123 e. The van der Waals surface area contributed by atoms with Crippen molar-refractivity contribution in [1.82, 2.24) is 0 Å². The molecule has 0 aliphatic heterocycles. The number of phenolic OH excluding ortho intramolecular Hbond substituents is 2. The van der Waals surface area contributed by atoms with Crippen LogP contribution < -0.4 is 9.47 Å². The summed E-state index contributed by atoms with van der Waals surface area (Å²) in [5.74, 6) is 2.19. The molecule has 0 atom stereocenters. The van der Waals surface area contributed by atoms with Gasteiger partial charge in [0.1, 0.15) is 23.0 Å². The molecule has 0 saturated heterocycles. The number of hydrogen-bond donors (Lipinski definition) is 2. The quantitative estimate of drug-likeness (QED) is 0.143. The van der Waals surface area contributed by atoms with Gasteiger partial charge < -0.3 is 19.7 Å². The highest BCUT2D eigenvalue weighted by Crippen LogP contribution is 2.53. The number of aromatic hydroxyl groups is 2. The van der Waals surface area contributed by atoms with E-state index in [1.165, 1.54) is 55.6 Å². The van der Waals surface area contributed by atoms with E-state index < -0.39 is 0 Å². The Labute approximate surface area is 361 Å². The molecule has 0 saturated carbocycles. The van der Waals surface area contributed by atoms with E-state index >= 15 is 0 Å². The van der Waals surface area contributed by atoms with E-state index in [1.807, 2.05) is 19.9 Å². The van der Waals surface area contributed by atoms with E-state index in [2.05, 4.69) is 159 Å². The highest BCUT2D eigenvalue weighted by Gasteiger charge is 2.41. The standard InChI is InChI=1S/C44H38O2.C10H8O2.C2H6.CH4/c1-43(39-17-7-3-13-35(39)36-14-4-8-18-40(36)43)31-21-25-33(26-22-31)45-29-11-12-30-46-34-27-23-32(24-28-34)44(2)41-19-9-5-15-37(41)38-16-6-10-20-42(38)44;11-8-5-4-7-2-1-3-10(12)9(7)6-8;1-2;/h3-10,13-28H,11-12,29-30H2,1-2H3;1-6,11-12H;1-2H3;1H4. The Morgan fingerprint density at radius 1 is 0.426 bits per heavy atom. The third-order valence-electron chi connectivity index (χ3n) is 12.2. The predicted molar refractivity (Wildman–Crippen MR) is 253 cm³/mol. The first kappa shape index (κ1) is 42.3. The minimum atomic E-state index is -0.176. The molecule has 0 spiro atoms. The summed E-state index contributed by atoms with van der Waals surface area (Å²) in [6, 6.07) is 62.7. The summed E-state index contributed by atoms with van der Waals surface area (Å²) in [6.07, 6.45) is 1.87. The molecule has 2 N–H and O–H groups in total. The second kappa shape index (κ2) is 18.2. The predicted octanol–water partition coefficient (Wildman–Crippen LogP) is 14.5. The van der Waals surface area contributed by atoms with Gasteiger partial charge in [0.05, 0.1) is 13.2 Å². The average molecular weight is 805 g/mol. The van der Waals surface area contributed by atoms with Crippen LogP contribution in [0.5, 0.6) is 23.0 Å². The Bertz CT molecular complexity index is 2490. The molecule has 0 aromatic heterocycles. The molecule has 8 aromatic carbocycles. The smallest absolute Gasteiger partial charge is 0.123 e. The van der Waals surface area contributed by atoms with Gasteiger partial charge in [-0.15, -0.1) is 0 Å². The molecule has 4 heteroatoms. The van der Waals surface area contributed by atoms with E-state index in [-0.39, 0.29) is 29.8 Å². The van der Waals surface area contributed by atoms with Crippen LogP contribution in [0.4, 0.5) is 0 Å². The van der Waals surface area contributed by atoms with Gasteiger partial charge in [-0.3, -0.25) is 0 Å². The number of phenols is 2. The van der Waals surface area contributed by atoms with Crippen LogP contribution in [0.25, 0.3) is 33.0 Å². The lowest BCUT2D eigenvalue weighted by atomic mass is 9.74. The van der Waals surface area contributed by atoms with Crippen molar-refractivity contribution in [2.24, 2.45) is 0 Å². The second-order valence-electron chi connectivity index (χ2n) is 15.6. The molecule has 61 heavy (non-hydrogen) atoms. The fourth-order valence-corrected chi connectivity index (χ4v) is 9.13. The van der Waals surface area contributed by atoms with Crippen LogP contribution in [-0.4, -0.2) is 23.4 Å². The minimum absolute atomic E-state index is 0. The molecule has 0 heterocycles. The van der Waals surface area contributed by atoms with Crippen molar-refractivity contribution in [1.29, 1.82) is 0 Å². The number of rotatable bonds is 9. The first-order chi connectivity index (χ1) is 29.4.